The fourth-order valence-electron chi connectivity index (χ4n) is 3.06. The number of hydrogen-bond acceptors (Lipinski definition) is 3. The normalized spacial score (nSPS) is 23.0. The first-order chi connectivity index (χ1) is 11.6. The first-order valence-electron chi connectivity index (χ1n) is 8.00. The summed E-state index contributed by atoms with van der Waals surface area (Å²) in [5, 5.41) is 11.8. The minimum absolute atomic E-state index is 0. The van der Waals surface area contributed by atoms with E-state index in [0.29, 0.717) is 0 Å². The van der Waals surface area contributed by atoms with Gasteiger partial charge in [0.05, 0.1) is 23.9 Å². The quantitative estimate of drug-likeness (QED) is 0.805. The number of halogens is 4. The van der Waals surface area contributed by atoms with Crippen LogP contribution in [-0.4, -0.2) is 47.2 Å². The molecule has 1 aromatic carbocycles. The molecule has 1 amide bonds. The number of rotatable bonds is 5. The van der Waals surface area contributed by atoms with Crippen molar-refractivity contribution in [2.45, 2.75) is 32.1 Å². The topological polar surface area (TPSA) is 69.6 Å². The van der Waals surface area contributed by atoms with Gasteiger partial charge in [0.1, 0.15) is 0 Å². The second kappa shape index (κ2) is 8.73. The van der Waals surface area contributed by atoms with Crippen molar-refractivity contribution in [2.75, 3.05) is 13.1 Å². The summed E-state index contributed by atoms with van der Waals surface area (Å²) in [6.45, 7) is 2.48. The maximum Gasteiger partial charge on any atom is 0.393 e. The van der Waals surface area contributed by atoms with Crippen LogP contribution in [0.4, 0.5) is 13.2 Å². The van der Waals surface area contributed by atoms with Gasteiger partial charge in [0.15, 0.2) is 0 Å². The maximum absolute atomic E-state index is 13.0. The van der Waals surface area contributed by atoms with E-state index >= 15 is 0 Å². The van der Waals surface area contributed by atoms with E-state index in [9.17, 15) is 22.8 Å². The Balaban J connectivity index is 0.00000338. The van der Waals surface area contributed by atoms with E-state index in [0.717, 1.165) is 5.56 Å². The number of carboxylic acids is 1. The molecule has 5 nitrogen and oxygen atoms in total. The molecule has 1 aliphatic heterocycles. The molecule has 4 atom stereocenters. The highest BCUT2D eigenvalue weighted by Gasteiger charge is 2.53. The van der Waals surface area contributed by atoms with Crippen LogP contribution in [0.25, 0.3) is 0 Å². The first-order valence-corrected chi connectivity index (χ1v) is 8.00. The molecule has 2 N–H and O–H groups in total. The van der Waals surface area contributed by atoms with Crippen molar-refractivity contribution in [3.8, 4) is 0 Å². The Morgan fingerprint density at radius 2 is 1.77 bits per heavy atom. The molecule has 1 aromatic rings. The lowest BCUT2D eigenvalue weighted by atomic mass is 9.96. The second-order valence-electron chi connectivity index (χ2n) is 6.36. The van der Waals surface area contributed by atoms with E-state index < -0.39 is 42.5 Å². The van der Waals surface area contributed by atoms with Gasteiger partial charge in [-0.05, 0) is 19.4 Å². The largest absolute Gasteiger partial charge is 0.481 e. The smallest absolute Gasteiger partial charge is 0.393 e. The number of carbonyl (C=O) groups is 2. The molecule has 1 saturated heterocycles. The zero-order valence-electron chi connectivity index (χ0n) is 14.4. The van der Waals surface area contributed by atoms with E-state index in [1.165, 1.54) is 11.8 Å². The minimum atomic E-state index is -4.61. The van der Waals surface area contributed by atoms with Crippen LogP contribution in [0.2, 0.25) is 0 Å². The number of alkyl halides is 3. The molecular weight excluding hydrogens is 373 g/mol. The number of nitrogens with zero attached hydrogens (tertiary/aromatic N) is 1. The van der Waals surface area contributed by atoms with E-state index in [4.69, 9.17) is 5.11 Å². The molecule has 146 valence electrons. The Bertz CT molecular complexity index is 627. The van der Waals surface area contributed by atoms with Crippen LogP contribution < -0.4 is 5.32 Å². The van der Waals surface area contributed by atoms with E-state index in [1.807, 2.05) is 30.3 Å². The predicted molar refractivity (Wildman–Crippen MR) is 92.0 cm³/mol. The zero-order valence-corrected chi connectivity index (χ0v) is 15.2. The molecule has 0 spiro atoms. The van der Waals surface area contributed by atoms with Crippen LogP contribution in [0.5, 0.6) is 0 Å². The molecule has 2 rings (SSSR count). The van der Waals surface area contributed by atoms with Crippen LogP contribution in [0.1, 0.15) is 25.5 Å². The third kappa shape index (κ3) is 5.11. The van der Waals surface area contributed by atoms with Crippen LogP contribution >= 0.6 is 12.4 Å². The van der Waals surface area contributed by atoms with Crippen LogP contribution in [0.3, 0.4) is 0 Å². The summed E-state index contributed by atoms with van der Waals surface area (Å²) >= 11 is 0. The number of nitrogens with one attached hydrogen (secondary N) is 1. The van der Waals surface area contributed by atoms with E-state index in [-0.39, 0.29) is 25.0 Å². The van der Waals surface area contributed by atoms with Crippen molar-refractivity contribution in [3.63, 3.8) is 0 Å². The van der Waals surface area contributed by atoms with Crippen molar-refractivity contribution < 1.29 is 27.9 Å². The molecule has 0 aliphatic carbocycles. The highest BCUT2D eigenvalue weighted by Crippen LogP contribution is 2.38. The Labute approximate surface area is 156 Å². The van der Waals surface area contributed by atoms with Crippen molar-refractivity contribution in [3.05, 3.63) is 35.9 Å². The van der Waals surface area contributed by atoms with E-state index in [1.54, 1.807) is 6.92 Å². The lowest BCUT2D eigenvalue weighted by Crippen LogP contribution is -2.45. The van der Waals surface area contributed by atoms with Crippen LogP contribution in [0.15, 0.2) is 30.3 Å². The van der Waals surface area contributed by atoms with Crippen molar-refractivity contribution in [1.29, 1.82) is 0 Å². The van der Waals surface area contributed by atoms with Gasteiger partial charge in [0.2, 0.25) is 5.91 Å². The van der Waals surface area contributed by atoms with Gasteiger partial charge in [0.25, 0.3) is 0 Å². The van der Waals surface area contributed by atoms with Crippen molar-refractivity contribution in [1.82, 2.24) is 10.2 Å². The molecule has 1 fully saturated rings. The average Bonchev–Trinajstić information content (AvgIpc) is 3.00. The molecule has 2 unspecified atom stereocenters. The number of hydrogen-bond donors (Lipinski definition) is 2. The molecule has 1 aliphatic rings. The standard InChI is InChI=1S/C17H21F3N2O3.ClH/c1-10(12-6-4-3-5-7-12)21-15(23)11(2)22-8-13(16(24)25)14(9-22)17(18,19)20;/h3-7,10-11,13-14H,8-9H2,1-2H3,(H,21,23)(H,24,25);1H/t10?,11?,13-,14-;/m1./s1. The summed E-state index contributed by atoms with van der Waals surface area (Å²) in [5.41, 5.74) is 0.876. The van der Waals surface area contributed by atoms with Gasteiger partial charge in [0, 0.05) is 13.1 Å². The Hall–Kier alpha value is -1.80. The van der Waals surface area contributed by atoms with Crippen molar-refractivity contribution in [2.24, 2.45) is 11.8 Å². The number of carbonyl (C=O) groups excluding carboxylic acids is 1. The van der Waals surface area contributed by atoms with Crippen LogP contribution in [0, 0.1) is 11.8 Å². The minimum Gasteiger partial charge on any atom is -0.481 e. The van der Waals surface area contributed by atoms with Gasteiger partial charge in [-0.1, -0.05) is 30.3 Å². The number of amides is 1. The highest BCUT2D eigenvalue weighted by molar-refractivity contribution is 5.85. The SMILES string of the molecule is CC(NC(=O)C(C)N1C[C@@H](C(F)(F)F)[C@H](C(=O)O)C1)c1ccccc1.Cl. The average molecular weight is 395 g/mol. The molecule has 0 aromatic heterocycles. The van der Waals surface area contributed by atoms with Gasteiger partial charge < -0.3 is 10.4 Å². The van der Waals surface area contributed by atoms with Gasteiger partial charge in [-0.25, -0.2) is 0 Å². The molecule has 0 radical (unpaired) electrons. The summed E-state index contributed by atoms with van der Waals surface area (Å²) in [4.78, 5) is 24.8. The summed E-state index contributed by atoms with van der Waals surface area (Å²) in [6.07, 6.45) is -4.61. The summed E-state index contributed by atoms with van der Waals surface area (Å²) in [6, 6.07) is 8.03. The first kappa shape index (κ1) is 22.2. The fourth-order valence-corrected chi connectivity index (χ4v) is 3.06. The zero-order chi connectivity index (χ0) is 18.8. The number of likely N-dealkylation sites (tertiary alicyclic amines) is 1. The molecule has 0 bridgehead atoms. The summed E-state index contributed by atoms with van der Waals surface area (Å²) < 4.78 is 39.1. The van der Waals surface area contributed by atoms with Crippen molar-refractivity contribution >= 4 is 24.3 Å². The maximum atomic E-state index is 13.0. The predicted octanol–water partition coefficient (Wildman–Crippen LogP) is 2.87. The van der Waals surface area contributed by atoms with Gasteiger partial charge in [-0.15, -0.1) is 12.4 Å². The number of aliphatic carboxylic acids is 1. The van der Waals surface area contributed by atoms with Gasteiger partial charge >= 0.3 is 12.1 Å². The molecule has 1 heterocycles. The third-order valence-electron chi connectivity index (χ3n) is 4.67. The van der Waals surface area contributed by atoms with Crippen LogP contribution in [-0.2, 0) is 9.59 Å². The summed E-state index contributed by atoms with van der Waals surface area (Å²) in [5.74, 6) is -5.44. The number of benzene rings is 1. The lowest BCUT2D eigenvalue weighted by Gasteiger charge is -2.25. The van der Waals surface area contributed by atoms with Gasteiger partial charge in [-0.2, -0.15) is 13.2 Å². The lowest BCUT2D eigenvalue weighted by molar-refractivity contribution is -0.188. The molecule has 0 saturated carbocycles. The monoisotopic (exact) mass is 394 g/mol. The number of carboxylic acid groups (broad SMARTS) is 1. The third-order valence-corrected chi connectivity index (χ3v) is 4.67. The van der Waals surface area contributed by atoms with E-state index in [2.05, 4.69) is 5.32 Å². The molecular formula is C17H22ClF3N2O3. The highest BCUT2D eigenvalue weighted by atomic mass is 35.5. The Kier molecular flexibility index (Phi) is 7.46. The molecule has 26 heavy (non-hydrogen) atoms. The molecule has 9 heteroatoms. The van der Waals surface area contributed by atoms with Gasteiger partial charge in [-0.3, -0.25) is 14.5 Å². The fraction of sp³-hybridized carbons (Fsp3) is 0.529. The Morgan fingerprint density at radius 3 is 2.23 bits per heavy atom. The Morgan fingerprint density at radius 1 is 1.19 bits per heavy atom. The summed E-state index contributed by atoms with van der Waals surface area (Å²) in [7, 11) is 0. The second-order valence-corrected chi connectivity index (χ2v) is 6.36.